The Morgan fingerprint density at radius 2 is 1.00 bits per heavy atom. The molecule has 10 aromatic carbocycles. The molecule has 2 nitrogen and oxygen atoms in total. The van der Waals surface area contributed by atoms with Crippen LogP contribution in [-0.2, 0) is 5.41 Å². The predicted octanol–water partition coefficient (Wildman–Crippen LogP) is 16.2. The maximum Gasteiger partial charge on any atom is 0.0547 e. The van der Waals surface area contributed by atoms with Crippen molar-refractivity contribution in [3.05, 3.63) is 230 Å². The molecule has 0 amide bonds. The highest BCUT2D eigenvalue weighted by molar-refractivity contribution is 6.14. The van der Waals surface area contributed by atoms with Gasteiger partial charge in [0.25, 0.3) is 0 Å². The van der Waals surface area contributed by atoms with E-state index in [0.29, 0.717) is 0 Å². The Balaban J connectivity index is 1.10. The van der Waals surface area contributed by atoms with Crippen molar-refractivity contribution in [2.75, 3.05) is 4.90 Å². The zero-order valence-electron chi connectivity index (χ0n) is 34.2. The fraction of sp³-hybridized carbons (Fsp3) is 0.0508. The van der Waals surface area contributed by atoms with Crippen molar-refractivity contribution < 1.29 is 0 Å². The molecule has 288 valence electrons. The summed E-state index contributed by atoms with van der Waals surface area (Å²) in [4.78, 5) is 2.50. The quantitative estimate of drug-likeness (QED) is 0.153. The van der Waals surface area contributed by atoms with Crippen LogP contribution >= 0.6 is 0 Å². The second kappa shape index (κ2) is 13.7. The lowest BCUT2D eigenvalue weighted by molar-refractivity contribution is 0.660. The SMILES string of the molecule is CC1(C)c2ccccc2-c2c(-c3ccccc3N(c3cccc(-c4ccc5c6ccccc6n(-c6ccccc6)c5c4)c3)c3cccc4c3ccc3ccccc34)cccc21. The van der Waals surface area contributed by atoms with Crippen molar-refractivity contribution in [2.45, 2.75) is 19.3 Å². The molecule has 0 saturated heterocycles. The summed E-state index contributed by atoms with van der Waals surface area (Å²) >= 11 is 0. The zero-order chi connectivity index (χ0) is 40.7. The molecule has 0 aliphatic heterocycles. The van der Waals surface area contributed by atoms with Crippen molar-refractivity contribution in [2.24, 2.45) is 0 Å². The summed E-state index contributed by atoms with van der Waals surface area (Å²) in [6.45, 7) is 4.73. The summed E-state index contributed by atoms with van der Waals surface area (Å²) in [5, 5.41) is 7.45. The molecular weight excluding hydrogens is 737 g/mol. The third-order valence-corrected chi connectivity index (χ3v) is 13.2. The summed E-state index contributed by atoms with van der Waals surface area (Å²) < 4.78 is 2.40. The molecule has 0 N–H and O–H groups in total. The van der Waals surface area contributed by atoms with E-state index in [0.717, 1.165) is 28.3 Å². The molecule has 1 aromatic heterocycles. The number of para-hydroxylation sites is 3. The standard InChI is InChI=1S/C59H42N2/c1-59(2)52-28-11-8-25-51(52)58-50(27-15-29-53(58)59)47-24-10-13-31-55(47)61(56-32-16-26-45-44-22-7-6-17-39(44)33-35-48(45)56)43-21-14-18-40(37-43)41-34-36-49-46-23-9-12-30-54(46)60(57(49)38-41)42-19-4-3-5-20-42/h3-38H,1-2H3. The van der Waals surface area contributed by atoms with Crippen molar-refractivity contribution in [1.82, 2.24) is 4.57 Å². The van der Waals surface area contributed by atoms with E-state index in [1.54, 1.807) is 0 Å². The van der Waals surface area contributed by atoms with Gasteiger partial charge in [-0.2, -0.15) is 0 Å². The molecule has 61 heavy (non-hydrogen) atoms. The van der Waals surface area contributed by atoms with Crippen LogP contribution in [0.15, 0.2) is 218 Å². The van der Waals surface area contributed by atoms with E-state index in [1.807, 2.05) is 0 Å². The van der Waals surface area contributed by atoms with Crippen LogP contribution in [0, 0.1) is 0 Å². The lowest BCUT2D eigenvalue weighted by Gasteiger charge is -2.30. The summed E-state index contributed by atoms with van der Waals surface area (Å²) in [6.07, 6.45) is 0. The van der Waals surface area contributed by atoms with E-state index >= 15 is 0 Å². The van der Waals surface area contributed by atoms with Crippen molar-refractivity contribution in [3.63, 3.8) is 0 Å². The van der Waals surface area contributed by atoms with E-state index in [-0.39, 0.29) is 5.41 Å². The average Bonchev–Trinajstić information content (AvgIpc) is 3.77. The van der Waals surface area contributed by atoms with Crippen molar-refractivity contribution in [1.29, 1.82) is 0 Å². The lowest BCUT2D eigenvalue weighted by atomic mass is 9.82. The second-order valence-corrected chi connectivity index (χ2v) is 16.9. The smallest absolute Gasteiger partial charge is 0.0547 e. The minimum atomic E-state index is -0.102. The Bertz CT molecular complexity index is 3520. The van der Waals surface area contributed by atoms with Gasteiger partial charge in [0.2, 0.25) is 0 Å². The molecule has 1 heterocycles. The van der Waals surface area contributed by atoms with Crippen LogP contribution in [0.2, 0.25) is 0 Å². The second-order valence-electron chi connectivity index (χ2n) is 16.9. The normalized spacial score (nSPS) is 12.9. The van der Waals surface area contributed by atoms with Crippen LogP contribution in [0.4, 0.5) is 17.1 Å². The van der Waals surface area contributed by atoms with Gasteiger partial charge in [-0.25, -0.2) is 0 Å². The van der Waals surface area contributed by atoms with Crippen LogP contribution in [0.25, 0.3) is 82.4 Å². The third kappa shape index (κ3) is 5.42. The van der Waals surface area contributed by atoms with Gasteiger partial charge in [0.05, 0.1) is 22.4 Å². The van der Waals surface area contributed by atoms with Gasteiger partial charge in [0.15, 0.2) is 0 Å². The first kappa shape index (κ1) is 35.3. The van der Waals surface area contributed by atoms with Crippen molar-refractivity contribution >= 4 is 60.4 Å². The lowest BCUT2D eigenvalue weighted by Crippen LogP contribution is -2.15. The number of anilines is 3. The fourth-order valence-corrected chi connectivity index (χ4v) is 10.3. The highest BCUT2D eigenvalue weighted by Gasteiger charge is 2.37. The highest BCUT2D eigenvalue weighted by atomic mass is 15.1. The number of benzene rings is 10. The molecule has 2 heteroatoms. The fourth-order valence-electron chi connectivity index (χ4n) is 10.3. The topological polar surface area (TPSA) is 8.17 Å². The maximum absolute atomic E-state index is 2.50. The van der Waals surface area contributed by atoms with E-state index in [1.165, 1.54) is 82.3 Å². The maximum atomic E-state index is 2.50. The van der Waals surface area contributed by atoms with Crippen LogP contribution < -0.4 is 4.90 Å². The third-order valence-electron chi connectivity index (χ3n) is 13.2. The summed E-state index contributed by atoms with van der Waals surface area (Å²) in [7, 11) is 0. The van der Waals surface area contributed by atoms with Crippen LogP contribution in [0.5, 0.6) is 0 Å². The number of rotatable bonds is 6. The minimum absolute atomic E-state index is 0.102. The Hall–Kier alpha value is -7.68. The highest BCUT2D eigenvalue weighted by Crippen LogP contribution is 2.54. The van der Waals surface area contributed by atoms with Gasteiger partial charge in [-0.05, 0) is 104 Å². The molecule has 0 bridgehead atoms. The van der Waals surface area contributed by atoms with Crippen LogP contribution in [0.1, 0.15) is 25.0 Å². The molecule has 0 atom stereocenters. The number of hydrogen-bond acceptors (Lipinski definition) is 1. The monoisotopic (exact) mass is 778 g/mol. The molecule has 0 radical (unpaired) electrons. The first-order valence-corrected chi connectivity index (χ1v) is 21.3. The van der Waals surface area contributed by atoms with Crippen LogP contribution in [-0.4, -0.2) is 4.57 Å². The average molecular weight is 779 g/mol. The predicted molar refractivity (Wildman–Crippen MR) is 259 cm³/mol. The molecule has 1 aliphatic carbocycles. The summed E-state index contributed by atoms with van der Waals surface area (Å²) in [5.41, 5.74) is 17.0. The van der Waals surface area contributed by atoms with Gasteiger partial charge < -0.3 is 9.47 Å². The molecule has 12 rings (SSSR count). The van der Waals surface area contributed by atoms with Gasteiger partial charge in [0, 0.05) is 38.5 Å². The van der Waals surface area contributed by atoms with E-state index in [2.05, 4.69) is 242 Å². The summed E-state index contributed by atoms with van der Waals surface area (Å²) in [6, 6.07) is 80.5. The number of nitrogens with zero attached hydrogens (tertiary/aromatic N) is 2. The zero-order valence-corrected chi connectivity index (χ0v) is 34.2. The molecule has 0 spiro atoms. The van der Waals surface area contributed by atoms with Gasteiger partial charge in [0.1, 0.15) is 0 Å². The molecule has 11 aromatic rings. The number of aromatic nitrogens is 1. The first-order valence-electron chi connectivity index (χ1n) is 21.3. The van der Waals surface area contributed by atoms with Crippen molar-refractivity contribution in [3.8, 4) is 39.1 Å². The van der Waals surface area contributed by atoms with Gasteiger partial charge >= 0.3 is 0 Å². The first-order chi connectivity index (χ1) is 30.0. The van der Waals surface area contributed by atoms with Gasteiger partial charge in [-0.1, -0.05) is 184 Å². The van der Waals surface area contributed by atoms with Gasteiger partial charge in [-0.15, -0.1) is 0 Å². The van der Waals surface area contributed by atoms with E-state index in [9.17, 15) is 0 Å². The Morgan fingerprint density at radius 3 is 1.90 bits per heavy atom. The van der Waals surface area contributed by atoms with Gasteiger partial charge in [-0.3, -0.25) is 0 Å². The largest absolute Gasteiger partial charge is 0.309 e. The molecule has 0 unspecified atom stereocenters. The Labute approximate surface area is 356 Å². The molecular formula is C59H42N2. The number of fused-ring (bicyclic) bond motifs is 9. The number of hydrogen-bond donors (Lipinski definition) is 0. The molecule has 0 fully saturated rings. The van der Waals surface area contributed by atoms with Crippen LogP contribution in [0.3, 0.4) is 0 Å². The minimum Gasteiger partial charge on any atom is -0.309 e. The molecule has 0 saturated carbocycles. The van der Waals surface area contributed by atoms with E-state index < -0.39 is 0 Å². The summed E-state index contributed by atoms with van der Waals surface area (Å²) in [5.74, 6) is 0. The van der Waals surface area contributed by atoms with E-state index in [4.69, 9.17) is 0 Å². The molecule has 1 aliphatic rings. The Kier molecular flexibility index (Phi) is 7.92. The Morgan fingerprint density at radius 1 is 0.377 bits per heavy atom.